The number of nitrogens with zero attached hydrogens (tertiary/aromatic N) is 4. The molecule has 0 radical (unpaired) electrons. The number of methoxy groups -OCH3 is 1. The van der Waals surface area contributed by atoms with E-state index >= 15 is 0 Å². The summed E-state index contributed by atoms with van der Waals surface area (Å²) in [6.07, 6.45) is 5.22. The molecule has 0 aliphatic carbocycles. The quantitative estimate of drug-likeness (QED) is 0.197. The van der Waals surface area contributed by atoms with Crippen LogP contribution in [0.2, 0.25) is 0 Å². The summed E-state index contributed by atoms with van der Waals surface area (Å²) >= 11 is 0. The number of hydrogen-bond acceptors (Lipinski definition) is 9. The molecule has 1 amide bonds. The van der Waals surface area contributed by atoms with Gasteiger partial charge in [0.15, 0.2) is 23.0 Å². The summed E-state index contributed by atoms with van der Waals surface area (Å²) in [5.74, 6) is 0.0757. The van der Waals surface area contributed by atoms with Crippen LogP contribution in [0.15, 0.2) is 67.3 Å². The fraction of sp³-hybridized carbons (Fsp3) is 0.344. The van der Waals surface area contributed by atoms with Gasteiger partial charge in [-0.25, -0.2) is 14.4 Å². The molecule has 12 heteroatoms. The van der Waals surface area contributed by atoms with Gasteiger partial charge in [0.1, 0.15) is 0 Å². The van der Waals surface area contributed by atoms with Gasteiger partial charge in [0.25, 0.3) is 5.91 Å². The molecule has 232 valence electrons. The zero-order chi connectivity index (χ0) is 31.1. The van der Waals surface area contributed by atoms with Crippen LogP contribution in [0, 0.1) is 12.7 Å². The molecule has 11 nitrogen and oxygen atoms in total. The van der Waals surface area contributed by atoms with E-state index in [4.69, 9.17) is 14.2 Å². The molecule has 1 atom stereocenters. The lowest BCUT2D eigenvalue weighted by atomic mass is 10.1. The van der Waals surface area contributed by atoms with Gasteiger partial charge >= 0.3 is 0 Å². The molecule has 0 spiro atoms. The summed E-state index contributed by atoms with van der Waals surface area (Å²) in [6, 6.07) is 10.3. The van der Waals surface area contributed by atoms with E-state index in [9.17, 15) is 9.18 Å². The molecule has 2 aromatic heterocycles. The fourth-order valence-corrected chi connectivity index (χ4v) is 5.15. The van der Waals surface area contributed by atoms with Gasteiger partial charge in [-0.05, 0) is 55.9 Å². The van der Waals surface area contributed by atoms with Crippen LogP contribution in [0.3, 0.4) is 0 Å². The van der Waals surface area contributed by atoms with Crippen molar-refractivity contribution in [3.05, 3.63) is 84.2 Å². The average molecular weight is 604 g/mol. The first-order chi connectivity index (χ1) is 21.4. The molecule has 1 aliphatic heterocycles. The highest BCUT2D eigenvalue weighted by Gasteiger charge is 2.21. The van der Waals surface area contributed by atoms with Crippen LogP contribution in [0.5, 0.6) is 5.75 Å². The number of carbonyl (C=O) groups is 1. The molecule has 5 rings (SSSR count). The lowest BCUT2D eigenvalue weighted by Gasteiger charge is -2.35. The van der Waals surface area contributed by atoms with Crippen molar-refractivity contribution in [3.8, 4) is 17.0 Å². The Morgan fingerprint density at radius 2 is 2.09 bits per heavy atom. The Morgan fingerprint density at radius 1 is 1.23 bits per heavy atom. The number of nitrogens with one attached hydrogen (secondary N) is 3. The molecular weight excluding hydrogens is 565 g/mol. The third kappa shape index (κ3) is 7.16. The van der Waals surface area contributed by atoms with E-state index in [0.717, 1.165) is 36.6 Å². The molecule has 1 fully saturated rings. The maximum Gasteiger partial charge on any atom is 0.251 e. The standard InChI is InChI=1S/C32H38FN7O4/c1-21-15-24(38-30-31-37-18-28(40(31)11-9-35-30)23-5-8-29(42-4)27(33)16-23)6-7-26(21)32(41)36-10-13-43-20-22(2)39-12-14-44-25(19-39)17-34-3/h5-9,11,15-16,18,25,34H,2,10,12-14,17,19-20H2,1,3-4H3,(H,35,38)(H,36,41). The smallest absolute Gasteiger partial charge is 0.251 e. The van der Waals surface area contributed by atoms with E-state index in [0.29, 0.717) is 54.7 Å². The number of hydrogen-bond donors (Lipinski definition) is 3. The van der Waals surface area contributed by atoms with Gasteiger partial charge in [-0.2, -0.15) is 0 Å². The van der Waals surface area contributed by atoms with Gasteiger partial charge in [-0.15, -0.1) is 0 Å². The van der Waals surface area contributed by atoms with Gasteiger partial charge in [-0.1, -0.05) is 6.58 Å². The van der Waals surface area contributed by atoms with E-state index in [1.807, 2.05) is 30.5 Å². The highest BCUT2D eigenvalue weighted by Crippen LogP contribution is 2.28. The van der Waals surface area contributed by atoms with Crippen molar-refractivity contribution < 1.29 is 23.4 Å². The molecule has 0 bridgehead atoms. The van der Waals surface area contributed by atoms with E-state index in [-0.39, 0.29) is 17.8 Å². The van der Waals surface area contributed by atoms with Crippen molar-refractivity contribution in [1.29, 1.82) is 0 Å². The molecule has 1 unspecified atom stereocenters. The van der Waals surface area contributed by atoms with Crippen molar-refractivity contribution in [3.63, 3.8) is 0 Å². The predicted molar refractivity (Wildman–Crippen MR) is 167 cm³/mol. The van der Waals surface area contributed by atoms with Crippen LogP contribution in [-0.4, -0.2) is 91.4 Å². The number of benzene rings is 2. The van der Waals surface area contributed by atoms with Gasteiger partial charge in [0, 0.05) is 61.1 Å². The zero-order valence-electron chi connectivity index (χ0n) is 25.2. The topological polar surface area (TPSA) is 114 Å². The highest BCUT2D eigenvalue weighted by atomic mass is 19.1. The van der Waals surface area contributed by atoms with Crippen LogP contribution in [0.1, 0.15) is 15.9 Å². The monoisotopic (exact) mass is 603 g/mol. The zero-order valence-corrected chi connectivity index (χ0v) is 25.2. The third-order valence-electron chi connectivity index (χ3n) is 7.43. The number of aryl methyl sites for hydroxylation is 1. The first-order valence-electron chi connectivity index (χ1n) is 14.5. The molecule has 0 saturated carbocycles. The van der Waals surface area contributed by atoms with Crippen molar-refractivity contribution in [2.75, 3.05) is 65.5 Å². The number of rotatable bonds is 13. The number of likely N-dealkylation sites (N-methyl/N-ethyl adjacent to an activating group) is 1. The van der Waals surface area contributed by atoms with Crippen LogP contribution in [-0.2, 0) is 9.47 Å². The first-order valence-corrected chi connectivity index (χ1v) is 14.5. The SMILES string of the molecule is C=C(COCCNC(=O)c1ccc(Nc2nccn3c(-c4ccc(OC)c(F)c4)cnc23)cc1C)N1CCOC(CNC)C1. The van der Waals surface area contributed by atoms with Gasteiger partial charge in [0.05, 0.1) is 44.9 Å². The Hall–Kier alpha value is -4.52. The van der Waals surface area contributed by atoms with E-state index in [1.54, 1.807) is 36.8 Å². The lowest BCUT2D eigenvalue weighted by molar-refractivity contribution is -0.0197. The van der Waals surface area contributed by atoms with Crippen LogP contribution < -0.4 is 20.7 Å². The summed E-state index contributed by atoms with van der Waals surface area (Å²) in [4.78, 5) is 24.0. The number of fused-ring (bicyclic) bond motifs is 1. The molecular formula is C32H38FN7O4. The second-order valence-corrected chi connectivity index (χ2v) is 10.5. The summed E-state index contributed by atoms with van der Waals surface area (Å²) in [6.45, 7) is 10.2. The van der Waals surface area contributed by atoms with Gasteiger partial charge in [0.2, 0.25) is 0 Å². The third-order valence-corrected chi connectivity index (χ3v) is 7.43. The number of amides is 1. The minimum absolute atomic E-state index is 0.135. The van der Waals surface area contributed by atoms with Crippen molar-refractivity contribution in [1.82, 2.24) is 29.9 Å². The van der Waals surface area contributed by atoms with Crippen LogP contribution in [0.25, 0.3) is 16.9 Å². The maximum atomic E-state index is 14.3. The highest BCUT2D eigenvalue weighted by molar-refractivity contribution is 5.96. The number of imidazole rings is 1. The molecule has 1 aliphatic rings. The van der Waals surface area contributed by atoms with Crippen molar-refractivity contribution in [2.45, 2.75) is 13.0 Å². The Morgan fingerprint density at radius 3 is 2.86 bits per heavy atom. The number of ether oxygens (including phenoxy) is 3. The second kappa shape index (κ2) is 14.3. The molecule has 2 aromatic carbocycles. The molecule has 1 saturated heterocycles. The Balaban J connectivity index is 1.14. The summed E-state index contributed by atoms with van der Waals surface area (Å²) in [5, 5.41) is 9.36. The second-order valence-electron chi connectivity index (χ2n) is 10.5. The minimum atomic E-state index is -0.451. The number of aromatic nitrogens is 3. The normalized spacial score (nSPS) is 14.9. The predicted octanol–water partition coefficient (Wildman–Crippen LogP) is 3.78. The number of anilines is 2. The minimum Gasteiger partial charge on any atom is -0.494 e. The fourth-order valence-electron chi connectivity index (χ4n) is 5.15. The van der Waals surface area contributed by atoms with Crippen LogP contribution >= 0.6 is 0 Å². The van der Waals surface area contributed by atoms with Gasteiger partial charge in [-0.3, -0.25) is 9.20 Å². The molecule has 4 aromatic rings. The summed E-state index contributed by atoms with van der Waals surface area (Å²) in [7, 11) is 3.34. The molecule has 44 heavy (non-hydrogen) atoms. The van der Waals surface area contributed by atoms with E-state index < -0.39 is 5.82 Å². The summed E-state index contributed by atoms with van der Waals surface area (Å²) < 4.78 is 32.7. The Kier molecular flexibility index (Phi) is 10.1. The Bertz CT molecular complexity index is 1620. The average Bonchev–Trinajstić information content (AvgIpc) is 3.46. The molecule has 3 N–H and O–H groups in total. The van der Waals surface area contributed by atoms with Crippen molar-refractivity contribution in [2.24, 2.45) is 0 Å². The largest absolute Gasteiger partial charge is 0.494 e. The number of carbonyl (C=O) groups excluding carboxylic acids is 1. The Labute approximate surface area is 256 Å². The molecule has 3 heterocycles. The number of halogens is 1. The van der Waals surface area contributed by atoms with E-state index in [1.165, 1.54) is 13.2 Å². The van der Waals surface area contributed by atoms with Crippen LogP contribution in [0.4, 0.5) is 15.9 Å². The first kappa shape index (κ1) is 30.9. The van der Waals surface area contributed by atoms with Gasteiger partial charge < -0.3 is 35.1 Å². The summed E-state index contributed by atoms with van der Waals surface area (Å²) in [5.41, 5.74) is 4.97. The van der Waals surface area contributed by atoms with Crippen molar-refractivity contribution >= 4 is 23.1 Å². The number of morpholine rings is 1. The van der Waals surface area contributed by atoms with E-state index in [2.05, 4.69) is 37.4 Å². The maximum absolute atomic E-state index is 14.3. The lowest BCUT2D eigenvalue weighted by Crippen LogP contribution is -2.46.